The topological polar surface area (TPSA) is 49.8 Å². The van der Waals surface area contributed by atoms with E-state index in [1.807, 2.05) is 0 Å². The summed E-state index contributed by atoms with van der Waals surface area (Å²) in [7, 11) is 0. The first-order valence-electron chi connectivity index (χ1n) is 11.6. The molecule has 0 amide bonds. The molecule has 4 nitrogen and oxygen atoms in total. The molecule has 6 heteroatoms. The zero-order chi connectivity index (χ0) is 22.8. The fourth-order valence-electron chi connectivity index (χ4n) is 4.34. The van der Waals surface area contributed by atoms with Crippen LogP contribution in [-0.2, 0) is 9.53 Å². The molecule has 1 fully saturated rings. The van der Waals surface area contributed by atoms with Crippen molar-refractivity contribution in [2.24, 2.45) is 5.92 Å². The van der Waals surface area contributed by atoms with Crippen LogP contribution >= 0.6 is 0 Å². The molecule has 2 aromatic rings. The van der Waals surface area contributed by atoms with Gasteiger partial charge in [-0.25, -0.2) is 8.78 Å². The van der Waals surface area contributed by atoms with E-state index < -0.39 is 5.97 Å². The molecule has 1 aliphatic heterocycles. The predicted octanol–water partition coefficient (Wildman–Crippen LogP) is 5.82. The quantitative estimate of drug-likeness (QED) is 0.419. The lowest BCUT2D eigenvalue weighted by atomic mass is 9.91. The Morgan fingerprint density at radius 2 is 1.50 bits per heavy atom. The van der Waals surface area contributed by atoms with Crippen LogP contribution < -0.4 is 0 Å². The van der Waals surface area contributed by atoms with Gasteiger partial charge in [-0.3, -0.25) is 4.79 Å². The third-order valence-corrected chi connectivity index (χ3v) is 6.25. The van der Waals surface area contributed by atoms with Gasteiger partial charge in [0.05, 0.1) is 6.61 Å². The fraction of sp³-hybridized carbons (Fsp3) is 0.500. The zero-order valence-electron chi connectivity index (χ0n) is 18.5. The van der Waals surface area contributed by atoms with Gasteiger partial charge in [0.15, 0.2) is 0 Å². The molecule has 0 aliphatic carbocycles. The second-order valence-electron chi connectivity index (χ2n) is 8.63. The summed E-state index contributed by atoms with van der Waals surface area (Å²) in [6, 6.07) is 12.5. The molecule has 174 valence electrons. The van der Waals surface area contributed by atoms with Crippen LogP contribution in [0.25, 0.3) is 0 Å². The minimum absolute atomic E-state index is 0.273. The maximum absolute atomic E-state index is 13.4. The van der Waals surface area contributed by atoms with Gasteiger partial charge in [-0.15, -0.1) is 0 Å². The molecule has 1 aliphatic rings. The van der Waals surface area contributed by atoms with Crippen molar-refractivity contribution < 1.29 is 23.4 Å². The second-order valence-corrected chi connectivity index (χ2v) is 8.63. The number of hydrogen-bond acceptors (Lipinski definition) is 3. The number of unbranched alkanes of at least 4 members (excludes halogenated alkanes) is 2. The van der Waals surface area contributed by atoms with Crippen LogP contribution in [0.3, 0.4) is 0 Å². The first-order chi connectivity index (χ1) is 15.5. The molecular weight excluding hydrogens is 412 g/mol. The van der Waals surface area contributed by atoms with Crippen molar-refractivity contribution in [2.75, 3.05) is 26.2 Å². The number of piperidine rings is 1. The number of halogens is 2. The summed E-state index contributed by atoms with van der Waals surface area (Å²) in [6.07, 6.45) is 6.30. The van der Waals surface area contributed by atoms with Gasteiger partial charge in [0.1, 0.15) is 17.7 Å². The first kappa shape index (κ1) is 24.3. The lowest BCUT2D eigenvalue weighted by Crippen LogP contribution is -2.36. The Labute approximate surface area is 189 Å². The van der Waals surface area contributed by atoms with Crippen LogP contribution in [0.5, 0.6) is 0 Å². The molecule has 0 radical (unpaired) electrons. The minimum Gasteiger partial charge on any atom is -0.481 e. The Morgan fingerprint density at radius 3 is 2.03 bits per heavy atom. The van der Waals surface area contributed by atoms with Crippen molar-refractivity contribution in [1.82, 2.24) is 4.90 Å². The average molecular weight is 446 g/mol. The maximum atomic E-state index is 13.4. The van der Waals surface area contributed by atoms with E-state index in [9.17, 15) is 13.6 Å². The number of carboxylic acid groups (broad SMARTS) is 1. The summed E-state index contributed by atoms with van der Waals surface area (Å²) in [5.74, 6) is -0.572. The Morgan fingerprint density at radius 1 is 0.938 bits per heavy atom. The smallest absolute Gasteiger partial charge is 0.303 e. The number of hydrogen-bond donors (Lipinski definition) is 1. The van der Waals surface area contributed by atoms with Crippen molar-refractivity contribution >= 4 is 5.97 Å². The molecular formula is C26H33F2NO3. The summed E-state index contributed by atoms with van der Waals surface area (Å²) in [5, 5.41) is 8.70. The van der Waals surface area contributed by atoms with Crippen LogP contribution in [0.2, 0.25) is 0 Å². The van der Waals surface area contributed by atoms with E-state index in [0.29, 0.717) is 6.61 Å². The van der Waals surface area contributed by atoms with E-state index in [-0.39, 0.29) is 24.2 Å². The van der Waals surface area contributed by atoms with E-state index in [1.165, 1.54) is 30.7 Å². The van der Waals surface area contributed by atoms with Crippen LogP contribution in [0.4, 0.5) is 8.78 Å². The van der Waals surface area contributed by atoms with E-state index >= 15 is 0 Å². The Balaban J connectivity index is 1.43. The molecule has 0 aromatic heterocycles. The van der Waals surface area contributed by atoms with Crippen LogP contribution in [0.1, 0.15) is 62.2 Å². The van der Waals surface area contributed by atoms with Gasteiger partial charge in [0.25, 0.3) is 0 Å². The largest absolute Gasteiger partial charge is 0.481 e. The van der Waals surface area contributed by atoms with E-state index in [0.717, 1.165) is 68.8 Å². The molecule has 0 saturated carbocycles. The molecule has 0 atom stereocenters. The predicted molar refractivity (Wildman–Crippen MR) is 120 cm³/mol. The second kappa shape index (κ2) is 12.7. The number of ether oxygens (including phenoxy) is 1. The normalized spacial score (nSPS) is 15.3. The Bertz CT molecular complexity index is 772. The molecule has 0 bridgehead atoms. The van der Waals surface area contributed by atoms with Crippen molar-refractivity contribution in [3.05, 3.63) is 71.3 Å². The van der Waals surface area contributed by atoms with Crippen molar-refractivity contribution in [3.63, 3.8) is 0 Å². The van der Waals surface area contributed by atoms with Crippen molar-refractivity contribution in [1.29, 1.82) is 0 Å². The van der Waals surface area contributed by atoms with Crippen LogP contribution in [-0.4, -0.2) is 42.2 Å². The van der Waals surface area contributed by atoms with Crippen LogP contribution in [0.15, 0.2) is 48.5 Å². The number of carboxylic acids is 1. The highest BCUT2D eigenvalue weighted by atomic mass is 19.1. The maximum Gasteiger partial charge on any atom is 0.303 e. The van der Waals surface area contributed by atoms with Gasteiger partial charge in [-0.1, -0.05) is 43.5 Å². The van der Waals surface area contributed by atoms with Gasteiger partial charge >= 0.3 is 5.97 Å². The van der Waals surface area contributed by atoms with Gasteiger partial charge in [0.2, 0.25) is 0 Å². The molecule has 0 spiro atoms. The highest BCUT2D eigenvalue weighted by molar-refractivity contribution is 5.66. The van der Waals surface area contributed by atoms with Crippen molar-refractivity contribution in [3.8, 4) is 0 Å². The summed E-state index contributed by atoms with van der Waals surface area (Å²) < 4.78 is 32.9. The minimum atomic E-state index is -0.707. The lowest BCUT2D eigenvalue weighted by Gasteiger charge is -2.32. The van der Waals surface area contributed by atoms with Crippen molar-refractivity contribution in [2.45, 2.75) is 51.0 Å². The third kappa shape index (κ3) is 7.99. The monoisotopic (exact) mass is 445 g/mol. The Kier molecular flexibility index (Phi) is 9.62. The number of benzene rings is 2. The highest BCUT2D eigenvalue weighted by Crippen LogP contribution is 2.27. The van der Waals surface area contributed by atoms with Gasteiger partial charge in [0, 0.05) is 13.0 Å². The zero-order valence-corrected chi connectivity index (χ0v) is 18.5. The van der Waals surface area contributed by atoms with Crippen LogP contribution in [0, 0.1) is 17.6 Å². The number of likely N-dealkylation sites (tertiary alicyclic amines) is 1. The van der Waals surface area contributed by atoms with E-state index in [4.69, 9.17) is 9.84 Å². The highest BCUT2D eigenvalue weighted by Gasteiger charge is 2.20. The number of rotatable bonds is 12. The van der Waals surface area contributed by atoms with Gasteiger partial charge in [-0.05, 0) is 73.7 Å². The lowest BCUT2D eigenvalue weighted by molar-refractivity contribution is -0.137. The first-order valence-corrected chi connectivity index (χ1v) is 11.6. The van der Waals surface area contributed by atoms with Gasteiger partial charge < -0.3 is 14.7 Å². The number of nitrogens with zero attached hydrogens (tertiary/aromatic N) is 1. The summed E-state index contributed by atoms with van der Waals surface area (Å²) in [6.45, 7) is 3.45. The number of aliphatic carboxylic acids is 1. The van der Waals surface area contributed by atoms with E-state index in [1.54, 1.807) is 24.3 Å². The molecule has 1 heterocycles. The SMILES string of the molecule is O=C(O)CCCCCC1CCN(CCOC(c2ccc(F)cc2)c2ccc(F)cc2)CC1. The average Bonchev–Trinajstić information content (AvgIpc) is 2.79. The fourth-order valence-corrected chi connectivity index (χ4v) is 4.34. The molecule has 32 heavy (non-hydrogen) atoms. The van der Waals surface area contributed by atoms with E-state index in [2.05, 4.69) is 4.90 Å². The molecule has 1 saturated heterocycles. The standard InChI is InChI=1S/C26H33F2NO3/c27-23-10-6-21(7-11-23)26(22-8-12-24(28)13-9-22)32-19-18-29-16-14-20(15-17-29)4-2-1-3-5-25(30)31/h6-13,20,26H,1-5,14-19H2,(H,30,31). The Hall–Kier alpha value is -2.31. The van der Waals surface area contributed by atoms with Gasteiger partial charge in [-0.2, -0.15) is 0 Å². The molecule has 2 aromatic carbocycles. The molecule has 1 N–H and O–H groups in total. The molecule has 3 rings (SSSR count). The third-order valence-electron chi connectivity index (χ3n) is 6.25. The summed E-state index contributed by atoms with van der Waals surface area (Å²) in [4.78, 5) is 13.0. The molecule has 0 unspecified atom stereocenters. The summed E-state index contributed by atoms with van der Waals surface area (Å²) >= 11 is 0. The number of carbonyl (C=O) groups is 1. The summed E-state index contributed by atoms with van der Waals surface area (Å²) in [5.41, 5.74) is 1.69.